The lowest BCUT2D eigenvalue weighted by molar-refractivity contribution is -0.121. The second-order valence-corrected chi connectivity index (χ2v) is 6.70. The minimum absolute atomic E-state index is 0. The first-order valence-corrected chi connectivity index (χ1v) is 9.50. The zero-order chi connectivity index (χ0) is 17.9. The van der Waals surface area contributed by atoms with Crippen LogP contribution in [0.1, 0.15) is 51.0 Å². The molecule has 0 saturated carbocycles. The summed E-state index contributed by atoms with van der Waals surface area (Å²) >= 11 is 0. The fourth-order valence-corrected chi connectivity index (χ4v) is 3.06. The third-order valence-electron chi connectivity index (χ3n) is 4.71. The molecule has 0 spiro atoms. The SMILES string of the molecule is CCCCOc1ccc(CNC(=O)CCC2CCNCC2)cc1OC.Cl. The van der Waals surface area contributed by atoms with Gasteiger partial charge >= 0.3 is 0 Å². The van der Waals surface area contributed by atoms with Crippen molar-refractivity contribution in [1.29, 1.82) is 0 Å². The number of ether oxygens (including phenoxy) is 2. The van der Waals surface area contributed by atoms with Crippen LogP contribution in [0.25, 0.3) is 0 Å². The minimum atomic E-state index is 0. The topological polar surface area (TPSA) is 59.6 Å². The minimum Gasteiger partial charge on any atom is -0.493 e. The third kappa shape index (κ3) is 7.83. The Kier molecular flexibility index (Phi) is 11.1. The third-order valence-corrected chi connectivity index (χ3v) is 4.71. The molecular formula is C20H33ClN2O3. The first kappa shape index (κ1) is 22.6. The molecule has 1 aliphatic rings. The van der Waals surface area contributed by atoms with Gasteiger partial charge in [-0.3, -0.25) is 4.79 Å². The molecule has 2 rings (SSSR count). The van der Waals surface area contributed by atoms with Gasteiger partial charge in [-0.2, -0.15) is 0 Å². The van der Waals surface area contributed by atoms with Crippen molar-refractivity contribution in [2.45, 2.75) is 52.0 Å². The zero-order valence-electron chi connectivity index (χ0n) is 16.0. The van der Waals surface area contributed by atoms with Crippen LogP contribution in [-0.2, 0) is 11.3 Å². The van der Waals surface area contributed by atoms with Crippen LogP contribution in [0.5, 0.6) is 11.5 Å². The van der Waals surface area contributed by atoms with Crippen molar-refractivity contribution < 1.29 is 14.3 Å². The molecule has 0 radical (unpaired) electrons. The quantitative estimate of drug-likeness (QED) is 0.604. The Morgan fingerprint density at radius 2 is 2.04 bits per heavy atom. The molecule has 1 aromatic rings. The van der Waals surface area contributed by atoms with Crippen molar-refractivity contribution >= 4 is 18.3 Å². The number of hydrogen-bond donors (Lipinski definition) is 2. The van der Waals surface area contributed by atoms with Gasteiger partial charge in [0.15, 0.2) is 11.5 Å². The molecule has 0 bridgehead atoms. The highest BCUT2D eigenvalue weighted by molar-refractivity contribution is 5.85. The molecule has 0 aliphatic carbocycles. The number of carbonyl (C=O) groups excluding carboxylic acids is 1. The highest BCUT2D eigenvalue weighted by Gasteiger charge is 2.14. The lowest BCUT2D eigenvalue weighted by Crippen LogP contribution is -2.29. The summed E-state index contributed by atoms with van der Waals surface area (Å²) in [6, 6.07) is 5.84. The number of hydrogen-bond acceptors (Lipinski definition) is 4. The van der Waals surface area contributed by atoms with E-state index >= 15 is 0 Å². The van der Waals surface area contributed by atoms with E-state index in [0.717, 1.165) is 49.4 Å². The highest BCUT2D eigenvalue weighted by atomic mass is 35.5. The van der Waals surface area contributed by atoms with Crippen LogP contribution in [0.2, 0.25) is 0 Å². The molecule has 0 aromatic heterocycles. The standard InChI is InChI=1S/C20H32N2O3.ClH/c1-3-4-13-25-18-7-5-17(14-19(18)24-2)15-22-20(23)8-6-16-9-11-21-12-10-16;/h5,7,14,16,21H,3-4,6,8-13,15H2,1-2H3,(H,22,23);1H. The Hall–Kier alpha value is -1.46. The van der Waals surface area contributed by atoms with Crippen LogP contribution in [0, 0.1) is 5.92 Å². The van der Waals surface area contributed by atoms with E-state index in [1.54, 1.807) is 7.11 Å². The lowest BCUT2D eigenvalue weighted by Gasteiger charge is -2.22. The van der Waals surface area contributed by atoms with Gasteiger partial charge in [0, 0.05) is 13.0 Å². The Balaban J connectivity index is 0.00000338. The Labute approximate surface area is 163 Å². The lowest BCUT2D eigenvalue weighted by atomic mass is 9.93. The molecule has 1 fully saturated rings. The molecule has 1 heterocycles. The average Bonchev–Trinajstić information content (AvgIpc) is 2.66. The Morgan fingerprint density at radius 3 is 2.73 bits per heavy atom. The predicted molar refractivity (Wildman–Crippen MR) is 107 cm³/mol. The van der Waals surface area contributed by atoms with Crippen molar-refractivity contribution in [3.05, 3.63) is 23.8 Å². The number of methoxy groups -OCH3 is 1. The summed E-state index contributed by atoms with van der Waals surface area (Å²) in [7, 11) is 1.64. The summed E-state index contributed by atoms with van der Waals surface area (Å²) in [4.78, 5) is 12.1. The Bertz CT molecular complexity index is 534. The largest absolute Gasteiger partial charge is 0.493 e. The van der Waals surface area contributed by atoms with E-state index in [0.29, 0.717) is 25.5 Å². The Morgan fingerprint density at radius 1 is 1.27 bits per heavy atom. The van der Waals surface area contributed by atoms with Crippen LogP contribution in [0.15, 0.2) is 18.2 Å². The van der Waals surface area contributed by atoms with Gasteiger partial charge in [-0.15, -0.1) is 12.4 Å². The molecule has 0 atom stereocenters. The van der Waals surface area contributed by atoms with Gasteiger partial charge in [0.1, 0.15) is 0 Å². The molecule has 1 aliphatic heterocycles. The van der Waals surface area contributed by atoms with Crippen LogP contribution in [0.4, 0.5) is 0 Å². The molecular weight excluding hydrogens is 352 g/mol. The van der Waals surface area contributed by atoms with Crippen molar-refractivity contribution in [2.24, 2.45) is 5.92 Å². The molecule has 6 heteroatoms. The number of piperidine rings is 1. The van der Waals surface area contributed by atoms with E-state index < -0.39 is 0 Å². The number of carbonyl (C=O) groups is 1. The number of nitrogens with one attached hydrogen (secondary N) is 2. The smallest absolute Gasteiger partial charge is 0.220 e. The summed E-state index contributed by atoms with van der Waals surface area (Å²) in [5.74, 6) is 2.29. The first-order valence-electron chi connectivity index (χ1n) is 9.50. The number of rotatable bonds is 10. The van der Waals surface area contributed by atoms with Crippen molar-refractivity contribution in [2.75, 3.05) is 26.8 Å². The maximum atomic E-state index is 12.1. The van der Waals surface area contributed by atoms with Crippen molar-refractivity contribution in [3.8, 4) is 11.5 Å². The molecule has 148 valence electrons. The van der Waals surface area contributed by atoms with E-state index in [-0.39, 0.29) is 18.3 Å². The van der Waals surface area contributed by atoms with E-state index in [9.17, 15) is 4.79 Å². The van der Waals surface area contributed by atoms with Gasteiger partial charge in [-0.05, 0) is 62.4 Å². The number of unbranched alkanes of at least 4 members (excludes halogenated alkanes) is 1. The van der Waals surface area contributed by atoms with E-state index in [1.165, 1.54) is 12.8 Å². The second kappa shape index (κ2) is 12.8. The second-order valence-electron chi connectivity index (χ2n) is 6.70. The fraction of sp³-hybridized carbons (Fsp3) is 0.650. The van der Waals surface area contributed by atoms with Crippen molar-refractivity contribution in [3.63, 3.8) is 0 Å². The van der Waals surface area contributed by atoms with Gasteiger partial charge in [-0.1, -0.05) is 19.4 Å². The first-order chi connectivity index (χ1) is 12.2. The number of halogens is 1. The fourth-order valence-electron chi connectivity index (χ4n) is 3.06. The molecule has 1 saturated heterocycles. The summed E-state index contributed by atoms with van der Waals surface area (Å²) in [6.45, 7) is 5.52. The average molecular weight is 385 g/mol. The number of amides is 1. The summed E-state index contributed by atoms with van der Waals surface area (Å²) in [5.41, 5.74) is 1.02. The van der Waals surface area contributed by atoms with E-state index in [1.807, 2.05) is 18.2 Å². The monoisotopic (exact) mass is 384 g/mol. The molecule has 1 aromatic carbocycles. The van der Waals surface area contributed by atoms with Crippen molar-refractivity contribution in [1.82, 2.24) is 10.6 Å². The molecule has 2 N–H and O–H groups in total. The van der Waals surface area contributed by atoms with Crippen LogP contribution in [0.3, 0.4) is 0 Å². The van der Waals surface area contributed by atoms with Gasteiger partial charge < -0.3 is 20.1 Å². The molecule has 1 amide bonds. The summed E-state index contributed by atoms with van der Waals surface area (Å²) in [5, 5.41) is 6.37. The maximum Gasteiger partial charge on any atom is 0.220 e. The van der Waals surface area contributed by atoms with Gasteiger partial charge in [0.05, 0.1) is 13.7 Å². The summed E-state index contributed by atoms with van der Waals surface area (Å²) in [6.07, 6.45) is 6.09. The molecule has 5 nitrogen and oxygen atoms in total. The molecule has 0 unspecified atom stereocenters. The van der Waals surface area contributed by atoms with Crippen LogP contribution >= 0.6 is 12.4 Å². The van der Waals surface area contributed by atoms with Crippen LogP contribution < -0.4 is 20.1 Å². The normalized spacial score (nSPS) is 14.4. The van der Waals surface area contributed by atoms with Gasteiger partial charge in [0.2, 0.25) is 5.91 Å². The predicted octanol–water partition coefficient (Wildman–Crippen LogP) is 3.69. The maximum absolute atomic E-state index is 12.1. The summed E-state index contributed by atoms with van der Waals surface area (Å²) < 4.78 is 11.1. The van der Waals surface area contributed by atoms with Gasteiger partial charge in [-0.25, -0.2) is 0 Å². The molecule has 26 heavy (non-hydrogen) atoms. The van der Waals surface area contributed by atoms with Crippen LogP contribution in [-0.4, -0.2) is 32.7 Å². The highest BCUT2D eigenvalue weighted by Crippen LogP contribution is 2.28. The van der Waals surface area contributed by atoms with Gasteiger partial charge in [0.25, 0.3) is 0 Å². The number of benzene rings is 1. The zero-order valence-corrected chi connectivity index (χ0v) is 16.8. The van der Waals surface area contributed by atoms with E-state index in [4.69, 9.17) is 9.47 Å². The van der Waals surface area contributed by atoms with E-state index in [2.05, 4.69) is 17.6 Å².